The van der Waals surface area contributed by atoms with E-state index in [1.165, 1.54) is 61.6 Å². The number of benzene rings is 4. The van der Waals surface area contributed by atoms with Crippen molar-refractivity contribution in [3.63, 3.8) is 0 Å². The molecule has 0 atom stereocenters. The molecule has 4 aromatic rings. The van der Waals surface area contributed by atoms with Gasteiger partial charge in [0.05, 0.1) is 11.4 Å². The summed E-state index contributed by atoms with van der Waals surface area (Å²) in [7, 11) is 0. The van der Waals surface area contributed by atoms with Crippen LogP contribution in [0.1, 0.15) is 37.8 Å². The van der Waals surface area contributed by atoms with E-state index in [9.17, 15) is 0 Å². The van der Waals surface area contributed by atoms with Crippen LogP contribution in [-0.2, 0) is 5.41 Å². The molecule has 34 heavy (non-hydrogen) atoms. The summed E-state index contributed by atoms with van der Waals surface area (Å²) in [6.45, 7) is 4.77. The van der Waals surface area contributed by atoms with Crippen molar-refractivity contribution in [2.75, 3.05) is 4.90 Å². The van der Waals surface area contributed by atoms with Crippen LogP contribution in [0.15, 0.2) is 109 Å². The zero-order valence-corrected chi connectivity index (χ0v) is 19.7. The van der Waals surface area contributed by atoms with Gasteiger partial charge in [-0.1, -0.05) is 92.7 Å². The van der Waals surface area contributed by atoms with Crippen LogP contribution in [0.25, 0.3) is 27.8 Å². The fourth-order valence-electron chi connectivity index (χ4n) is 6.24. The topological polar surface area (TPSA) is 3.24 Å². The van der Waals surface area contributed by atoms with Crippen molar-refractivity contribution in [2.24, 2.45) is 0 Å². The molecule has 0 amide bonds. The highest BCUT2D eigenvalue weighted by Crippen LogP contribution is 2.55. The lowest BCUT2D eigenvalue weighted by Crippen LogP contribution is -2.17. The predicted molar refractivity (Wildman–Crippen MR) is 144 cm³/mol. The smallest absolute Gasteiger partial charge is 0.0540 e. The van der Waals surface area contributed by atoms with Gasteiger partial charge in [-0.3, -0.25) is 0 Å². The zero-order valence-electron chi connectivity index (χ0n) is 19.7. The molecule has 0 bridgehead atoms. The van der Waals surface area contributed by atoms with Gasteiger partial charge in [-0.25, -0.2) is 0 Å². The van der Waals surface area contributed by atoms with Gasteiger partial charge in [0.2, 0.25) is 0 Å². The third-order valence-corrected chi connectivity index (χ3v) is 7.85. The minimum atomic E-state index is 0.0193. The van der Waals surface area contributed by atoms with Crippen LogP contribution in [0.4, 0.5) is 17.1 Å². The molecule has 0 radical (unpaired) electrons. The first-order valence-electron chi connectivity index (χ1n) is 12.3. The number of hydrogen-bond donors (Lipinski definition) is 0. The van der Waals surface area contributed by atoms with Gasteiger partial charge < -0.3 is 4.90 Å². The van der Waals surface area contributed by atoms with E-state index in [4.69, 9.17) is 0 Å². The van der Waals surface area contributed by atoms with E-state index in [2.05, 4.69) is 122 Å². The van der Waals surface area contributed by atoms with Gasteiger partial charge in [0.25, 0.3) is 0 Å². The molecule has 0 N–H and O–H groups in total. The first-order valence-corrected chi connectivity index (χ1v) is 12.3. The van der Waals surface area contributed by atoms with Gasteiger partial charge in [0.1, 0.15) is 0 Å². The van der Waals surface area contributed by atoms with Crippen molar-refractivity contribution < 1.29 is 0 Å². The zero-order chi connectivity index (χ0) is 22.9. The monoisotopic (exact) mass is 437 g/mol. The van der Waals surface area contributed by atoms with Crippen molar-refractivity contribution >= 4 is 22.6 Å². The Balaban J connectivity index is 1.51. The molecule has 1 nitrogen and oxygen atoms in total. The molecule has 1 heterocycles. The van der Waals surface area contributed by atoms with Crippen molar-refractivity contribution in [1.29, 1.82) is 0 Å². The maximum Gasteiger partial charge on any atom is 0.0540 e. The van der Waals surface area contributed by atoms with Gasteiger partial charge in [-0.05, 0) is 70.5 Å². The summed E-state index contributed by atoms with van der Waals surface area (Å²) in [5, 5.41) is 0. The van der Waals surface area contributed by atoms with Crippen molar-refractivity contribution in [1.82, 2.24) is 0 Å². The minimum absolute atomic E-state index is 0.0193. The van der Waals surface area contributed by atoms with E-state index in [1.807, 2.05) is 0 Å². The molecule has 0 saturated heterocycles. The molecule has 0 fully saturated rings. The third-order valence-electron chi connectivity index (χ3n) is 7.85. The Bertz CT molecular complexity index is 1470. The quantitative estimate of drug-likeness (QED) is 0.253. The Hall–Kier alpha value is -3.84. The summed E-state index contributed by atoms with van der Waals surface area (Å²) < 4.78 is 0. The Kier molecular flexibility index (Phi) is 4.08. The van der Waals surface area contributed by atoms with Crippen molar-refractivity contribution in [3.8, 4) is 22.3 Å². The molecular weight excluding hydrogens is 410 g/mol. The molecule has 0 spiro atoms. The summed E-state index contributed by atoms with van der Waals surface area (Å²) in [4.78, 5) is 2.46. The first kappa shape index (κ1) is 19.6. The molecule has 7 rings (SSSR count). The Morgan fingerprint density at radius 2 is 1.15 bits per heavy atom. The van der Waals surface area contributed by atoms with Crippen molar-refractivity contribution in [2.45, 2.75) is 32.1 Å². The summed E-state index contributed by atoms with van der Waals surface area (Å²) in [5.74, 6) is 0. The van der Waals surface area contributed by atoms with E-state index < -0.39 is 0 Å². The number of nitrogens with zero attached hydrogens (tertiary/aromatic N) is 1. The number of anilines is 3. The molecule has 0 aromatic heterocycles. The second kappa shape index (κ2) is 7.08. The first-order chi connectivity index (χ1) is 16.6. The number of para-hydroxylation sites is 2. The molecule has 4 aromatic carbocycles. The molecular formula is C33H27N. The lowest BCUT2D eigenvalue weighted by atomic mass is 9.80. The third kappa shape index (κ3) is 2.61. The lowest BCUT2D eigenvalue weighted by molar-refractivity contribution is 0.654. The van der Waals surface area contributed by atoms with E-state index in [1.54, 1.807) is 0 Å². The second-order valence-corrected chi connectivity index (χ2v) is 10.1. The second-order valence-electron chi connectivity index (χ2n) is 10.1. The van der Waals surface area contributed by atoms with E-state index in [0.29, 0.717) is 0 Å². The maximum absolute atomic E-state index is 2.46. The van der Waals surface area contributed by atoms with Gasteiger partial charge in [-0.15, -0.1) is 0 Å². The van der Waals surface area contributed by atoms with Gasteiger partial charge >= 0.3 is 0 Å². The van der Waals surface area contributed by atoms with E-state index >= 15 is 0 Å². The highest BCUT2D eigenvalue weighted by atomic mass is 15.1. The fourth-order valence-corrected chi connectivity index (χ4v) is 6.24. The van der Waals surface area contributed by atoms with Gasteiger partial charge in [0, 0.05) is 22.2 Å². The number of fused-ring (bicyclic) bond motifs is 8. The predicted octanol–water partition coefficient (Wildman–Crippen LogP) is 9.20. The van der Waals surface area contributed by atoms with Crippen LogP contribution in [-0.4, -0.2) is 0 Å². The maximum atomic E-state index is 2.46. The van der Waals surface area contributed by atoms with Crippen LogP contribution in [0, 0.1) is 0 Å². The highest BCUT2D eigenvalue weighted by Gasteiger charge is 2.39. The Morgan fingerprint density at radius 1 is 0.588 bits per heavy atom. The molecule has 1 aliphatic heterocycles. The molecule has 0 saturated carbocycles. The number of rotatable bonds is 1. The average molecular weight is 438 g/mol. The van der Waals surface area contributed by atoms with Crippen LogP contribution in [0.5, 0.6) is 0 Å². The van der Waals surface area contributed by atoms with E-state index in [-0.39, 0.29) is 5.41 Å². The normalized spacial score (nSPS) is 16.8. The lowest BCUT2D eigenvalue weighted by Gasteiger charge is -2.29. The minimum Gasteiger partial charge on any atom is -0.309 e. The van der Waals surface area contributed by atoms with Gasteiger partial charge in [-0.2, -0.15) is 0 Å². The van der Waals surface area contributed by atoms with Crippen LogP contribution >= 0.6 is 0 Å². The molecule has 0 unspecified atom stereocenters. The summed E-state index contributed by atoms with van der Waals surface area (Å²) in [5.41, 5.74) is 14.6. The largest absolute Gasteiger partial charge is 0.309 e. The molecule has 1 heteroatoms. The summed E-state index contributed by atoms with van der Waals surface area (Å²) in [6, 6.07) is 33.6. The van der Waals surface area contributed by atoms with Crippen molar-refractivity contribution in [3.05, 3.63) is 120 Å². The molecule has 164 valence electrons. The highest BCUT2D eigenvalue weighted by molar-refractivity contribution is 6.02. The standard InChI is InChI=1S/C33H27N/c1-33(2)29-16-8-5-13-25(29)26-20-19-22(21-30(26)33)34-31-17-9-6-14-27(31)23-11-3-4-12-24(23)28-15-7-10-18-32(28)34/h3-4,6-7,9-21H,5,8H2,1-2H3. The summed E-state index contributed by atoms with van der Waals surface area (Å²) in [6.07, 6.45) is 7.19. The number of hydrogen-bond acceptors (Lipinski definition) is 1. The average Bonchev–Trinajstić information content (AvgIpc) is 3.03. The number of allylic oxidation sites excluding steroid dienone is 4. The molecule has 2 aliphatic carbocycles. The SMILES string of the molecule is CC1(C)C2=CCCC=C2c2ccc(N3c4ccccc4-c4ccccc4-c4ccccc43)cc21. The van der Waals surface area contributed by atoms with Crippen LogP contribution < -0.4 is 4.90 Å². The van der Waals surface area contributed by atoms with Crippen LogP contribution in [0.2, 0.25) is 0 Å². The summed E-state index contributed by atoms with van der Waals surface area (Å²) >= 11 is 0. The fraction of sp³-hybridized carbons (Fsp3) is 0.152. The van der Waals surface area contributed by atoms with E-state index in [0.717, 1.165) is 12.8 Å². The molecule has 3 aliphatic rings. The van der Waals surface area contributed by atoms with Crippen LogP contribution in [0.3, 0.4) is 0 Å². The Morgan fingerprint density at radius 3 is 1.79 bits per heavy atom. The Labute approximate surface area is 201 Å². The van der Waals surface area contributed by atoms with Gasteiger partial charge in [0.15, 0.2) is 0 Å².